The van der Waals surface area contributed by atoms with Gasteiger partial charge in [-0.15, -0.1) is 0 Å². The van der Waals surface area contributed by atoms with Crippen molar-refractivity contribution in [2.24, 2.45) is 5.73 Å². The fraction of sp³-hybridized carbons (Fsp3) is 0.556. The van der Waals surface area contributed by atoms with Gasteiger partial charge in [-0.1, -0.05) is 0 Å². The Kier molecular flexibility index (Phi) is 3.48. The van der Waals surface area contributed by atoms with Crippen LogP contribution in [-0.2, 0) is 6.54 Å². The molecule has 74 valence electrons. The zero-order valence-corrected chi connectivity index (χ0v) is 8.12. The molecule has 1 aromatic heterocycles. The summed E-state index contributed by atoms with van der Waals surface area (Å²) in [5.41, 5.74) is 7.29. The highest BCUT2D eigenvalue weighted by atomic mass is 16.3. The zero-order chi connectivity index (χ0) is 9.84. The van der Waals surface area contributed by atoms with Gasteiger partial charge in [0.2, 0.25) is 0 Å². The Morgan fingerprint density at radius 2 is 2.31 bits per heavy atom. The third kappa shape index (κ3) is 2.84. The molecule has 0 spiro atoms. The van der Waals surface area contributed by atoms with Crippen LogP contribution in [0.15, 0.2) is 12.3 Å². The molecule has 0 saturated heterocycles. The van der Waals surface area contributed by atoms with E-state index in [0.29, 0.717) is 0 Å². The van der Waals surface area contributed by atoms with Crippen molar-refractivity contribution in [1.82, 2.24) is 9.88 Å². The second kappa shape index (κ2) is 4.41. The molecule has 1 aromatic rings. The second-order valence-electron chi connectivity index (χ2n) is 3.45. The normalized spacial score (nSPS) is 13.6. The number of aliphatic hydroxyl groups is 1. The van der Waals surface area contributed by atoms with Crippen molar-refractivity contribution in [3.63, 3.8) is 0 Å². The molecular formula is C9H17N3O. The van der Waals surface area contributed by atoms with Crippen LogP contribution in [0.1, 0.15) is 17.4 Å². The van der Waals surface area contributed by atoms with E-state index < -0.39 is 6.10 Å². The molecule has 0 radical (unpaired) electrons. The van der Waals surface area contributed by atoms with Gasteiger partial charge in [-0.25, -0.2) is 0 Å². The van der Waals surface area contributed by atoms with E-state index in [-0.39, 0.29) is 6.54 Å². The third-order valence-electron chi connectivity index (χ3n) is 1.86. The topological polar surface area (TPSA) is 65.3 Å². The minimum atomic E-state index is -0.549. The Hall–Kier alpha value is -0.840. The van der Waals surface area contributed by atoms with Gasteiger partial charge >= 0.3 is 0 Å². The maximum absolute atomic E-state index is 9.42. The summed E-state index contributed by atoms with van der Waals surface area (Å²) in [6, 6.07) is 1.94. The molecule has 0 aliphatic carbocycles. The van der Waals surface area contributed by atoms with Crippen LogP contribution in [0.2, 0.25) is 0 Å². The number of aliphatic hydroxyl groups excluding tert-OH is 1. The molecule has 0 amide bonds. The van der Waals surface area contributed by atoms with E-state index in [2.05, 4.69) is 9.88 Å². The van der Waals surface area contributed by atoms with E-state index in [1.54, 1.807) is 6.20 Å². The first-order valence-electron chi connectivity index (χ1n) is 4.33. The molecule has 0 aliphatic heterocycles. The maximum Gasteiger partial charge on any atom is 0.0926 e. The van der Waals surface area contributed by atoms with Crippen LogP contribution in [0.5, 0.6) is 0 Å². The fourth-order valence-corrected chi connectivity index (χ4v) is 1.22. The molecule has 0 aliphatic rings. The predicted molar refractivity (Wildman–Crippen MR) is 52.2 cm³/mol. The summed E-state index contributed by atoms with van der Waals surface area (Å²) in [7, 11) is 4.00. The Morgan fingerprint density at radius 3 is 2.85 bits per heavy atom. The first-order chi connectivity index (χ1) is 6.13. The molecule has 1 atom stereocenters. The van der Waals surface area contributed by atoms with Gasteiger partial charge in [0.1, 0.15) is 0 Å². The lowest BCUT2D eigenvalue weighted by atomic mass is 10.2. The average Bonchev–Trinajstić information content (AvgIpc) is 2.50. The van der Waals surface area contributed by atoms with E-state index >= 15 is 0 Å². The van der Waals surface area contributed by atoms with Gasteiger partial charge < -0.3 is 20.7 Å². The summed E-state index contributed by atoms with van der Waals surface area (Å²) in [5, 5.41) is 9.42. The van der Waals surface area contributed by atoms with Crippen molar-refractivity contribution in [2.75, 3.05) is 20.6 Å². The van der Waals surface area contributed by atoms with Crippen LogP contribution in [-0.4, -0.2) is 35.6 Å². The highest BCUT2D eigenvalue weighted by molar-refractivity contribution is 5.19. The molecule has 0 fully saturated rings. The van der Waals surface area contributed by atoms with Gasteiger partial charge in [0, 0.05) is 25.0 Å². The quantitative estimate of drug-likeness (QED) is 0.619. The van der Waals surface area contributed by atoms with Crippen molar-refractivity contribution >= 4 is 0 Å². The van der Waals surface area contributed by atoms with Crippen LogP contribution >= 0.6 is 0 Å². The molecule has 0 saturated carbocycles. The van der Waals surface area contributed by atoms with Gasteiger partial charge in [0.05, 0.1) is 6.10 Å². The minimum absolute atomic E-state index is 0.263. The van der Waals surface area contributed by atoms with Gasteiger partial charge in [0.15, 0.2) is 0 Å². The molecule has 4 heteroatoms. The first kappa shape index (κ1) is 10.2. The number of aromatic amines is 1. The third-order valence-corrected chi connectivity index (χ3v) is 1.86. The van der Waals surface area contributed by atoms with E-state index in [9.17, 15) is 5.11 Å². The summed E-state index contributed by atoms with van der Waals surface area (Å²) < 4.78 is 0. The number of aromatic nitrogens is 1. The van der Waals surface area contributed by atoms with Crippen LogP contribution in [0.3, 0.4) is 0 Å². The summed E-state index contributed by atoms with van der Waals surface area (Å²) in [5.74, 6) is 0. The highest BCUT2D eigenvalue weighted by Gasteiger charge is 2.07. The zero-order valence-electron chi connectivity index (χ0n) is 8.12. The van der Waals surface area contributed by atoms with Crippen LogP contribution in [0.4, 0.5) is 0 Å². The average molecular weight is 183 g/mol. The number of H-pyrrole nitrogens is 1. The SMILES string of the molecule is CN(C)Cc1cc(C(O)CN)c[nH]1. The molecule has 1 unspecified atom stereocenters. The minimum Gasteiger partial charge on any atom is -0.387 e. The molecule has 0 bridgehead atoms. The van der Waals surface area contributed by atoms with Crippen molar-refractivity contribution in [1.29, 1.82) is 0 Å². The molecule has 4 N–H and O–H groups in total. The van der Waals surface area contributed by atoms with E-state index in [1.807, 2.05) is 20.2 Å². The lowest BCUT2D eigenvalue weighted by molar-refractivity contribution is 0.187. The van der Waals surface area contributed by atoms with Crippen LogP contribution in [0.25, 0.3) is 0 Å². The molecular weight excluding hydrogens is 166 g/mol. The van der Waals surface area contributed by atoms with Gasteiger partial charge in [-0.05, 0) is 25.7 Å². The standard InChI is InChI=1S/C9H17N3O/c1-12(2)6-8-3-7(5-11-8)9(13)4-10/h3,5,9,11,13H,4,6,10H2,1-2H3. The first-order valence-corrected chi connectivity index (χ1v) is 4.33. The molecule has 13 heavy (non-hydrogen) atoms. The summed E-state index contributed by atoms with van der Waals surface area (Å²) in [6.45, 7) is 1.11. The Balaban J connectivity index is 2.63. The van der Waals surface area contributed by atoms with E-state index in [4.69, 9.17) is 5.73 Å². The highest BCUT2D eigenvalue weighted by Crippen LogP contribution is 2.13. The van der Waals surface area contributed by atoms with E-state index in [1.165, 1.54) is 0 Å². The molecule has 1 heterocycles. The number of hydrogen-bond donors (Lipinski definition) is 3. The van der Waals surface area contributed by atoms with Crippen LogP contribution in [0, 0.1) is 0 Å². The summed E-state index contributed by atoms with van der Waals surface area (Å²) >= 11 is 0. The van der Waals surface area contributed by atoms with Crippen molar-refractivity contribution in [3.05, 3.63) is 23.5 Å². The molecule has 1 rings (SSSR count). The van der Waals surface area contributed by atoms with Crippen LogP contribution < -0.4 is 5.73 Å². The smallest absolute Gasteiger partial charge is 0.0926 e. The lowest BCUT2D eigenvalue weighted by Crippen LogP contribution is -2.11. The van der Waals surface area contributed by atoms with Crippen molar-refractivity contribution < 1.29 is 5.11 Å². The number of hydrogen-bond acceptors (Lipinski definition) is 3. The number of nitrogens with two attached hydrogens (primary N) is 1. The Labute approximate surface area is 78.4 Å². The predicted octanol–water partition coefficient (Wildman–Crippen LogP) is 0.0684. The monoisotopic (exact) mass is 183 g/mol. The summed E-state index contributed by atoms with van der Waals surface area (Å²) in [6.07, 6.45) is 1.25. The van der Waals surface area contributed by atoms with Crippen molar-refractivity contribution in [3.8, 4) is 0 Å². The van der Waals surface area contributed by atoms with Gasteiger partial charge in [-0.2, -0.15) is 0 Å². The molecule has 0 aromatic carbocycles. The number of nitrogens with one attached hydrogen (secondary N) is 1. The largest absolute Gasteiger partial charge is 0.387 e. The number of rotatable bonds is 4. The summed E-state index contributed by atoms with van der Waals surface area (Å²) in [4.78, 5) is 5.16. The second-order valence-corrected chi connectivity index (χ2v) is 3.45. The Bertz CT molecular complexity index is 257. The van der Waals surface area contributed by atoms with Crippen molar-refractivity contribution in [2.45, 2.75) is 12.6 Å². The lowest BCUT2D eigenvalue weighted by Gasteiger charge is -2.06. The Morgan fingerprint density at radius 1 is 1.62 bits per heavy atom. The van der Waals surface area contributed by atoms with E-state index in [0.717, 1.165) is 17.8 Å². The van der Waals surface area contributed by atoms with Gasteiger partial charge in [-0.3, -0.25) is 0 Å². The fourth-order valence-electron chi connectivity index (χ4n) is 1.22. The molecule has 4 nitrogen and oxygen atoms in total. The van der Waals surface area contributed by atoms with Gasteiger partial charge in [0.25, 0.3) is 0 Å². The maximum atomic E-state index is 9.42. The number of nitrogens with zero attached hydrogens (tertiary/aromatic N) is 1.